The molecule has 3 heterocycles. The third-order valence-electron chi connectivity index (χ3n) is 3.64. The van der Waals surface area contributed by atoms with Crippen LogP contribution < -0.4 is 5.32 Å². The molecule has 21 heavy (non-hydrogen) atoms. The van der Waals surface area contributed by atoms with Crippen molar-refractivity contribution in [2.24, 2.45) is 0 Å². The number of hydrogen-bond acceptors (Lipinski definition) is 5. The summed E-state index contributed by atoms with van der Waals surface area (Å²) in [6, 6.07) is 3.63. The number of aromatic nitrogens is 3. The molecule has 8 heteroatoms. The number of nitrogens with one attached hydrogen (secondary N) is 1. The van der Waals surface area contributed by atoms with Gasteiger partial charge in [0.25, 0.3) is 0 Å². The van der Waals surface area contributed by atoms with E-state index in [0.29, 0.717) is 22.7 Å². The predicted octanol–water partition coefficient (Wildman–Crippen LogP) is 1.85. The van der Waals surface area contributed by atoms with Crippen molar-refractivity contribution >= 4 is 21.9 Å². The maximum Gasteiger partial charge on any atom is 0.358 e. The number of furan rings is 1. The second-order valence-electron chi connectivity index (χ2n) is 5.02. The number of hydrogen-bond donors (Lipinski definition) is 2. The molecule has 7 nitrogen and oxygen atoms in total. The van der Waals surface area contributed by atoms with Crippen LogP contribution >= 0.6 is 15.9 Å². The van der Waals surface area contributed by atoms with Crippen LogP contribution in [0.25, 0.3) is 0 Å². The van der Waals surface area contributed by atoms with Crippen molar-refractivity contribution in [3.63, 3.8) is 0 Å². The summed E-state index contributed by atoms with van der Waals surface area (Å²) in [5.74, 6) is -0.167. The Labute approximate surface area is 129 Å². The van der Waals surface area contributed by atoms with Gasteiger partial charge in [-0.3, -0.25) is 0 Å². The molecule has 2 aromatic rings. The molecule has 0 atom stereocenters. The zero-order chi connectivity index (χ0) is 14.8. The van der Waals surface area contributed by atoms with E-state index >= 15 is 0 Å². The SMILES string of the molecule is O=C(O)c1nnn(Cc2ccc(Br)o2)c1C1CCNCC1. The van der Waals surface area contributed by atoms with E-state index in [9.17, 15) is 9.90 Å². The zero-order valence-electron chi connectivity index (χ0n) is 11.3. The van der Waals surface area contributed by atoms with E-state index in [1.165, 1.54) is 0 Å². The maximum atomic E-state index is 11.4. The lowest BCUT2D eigenvalue weighted by Crippen LogP contribution is -2.28. The third kappa shape index (κ3) is 3.01. The average molecular weight is 355 g/mol. The molecular formula is C13H15BrN4O3. The average Bonchev–Trinajstić information content (AvgIpc) is 3.07. The van der Waals surface area contributed by atoms with E-state index in [2.05, 4.69) is 31.6 Å². The van der Waals surface area contributed by atoms with Crippen LogP contribution in [0.1, 0.15) is 40.7 Å². The highest BCUT2D eigenvalue weighted by atomic mass is 79.9. The summed E-state index contributed by atoms with van der Waals surface area (Å²) in [4.78, 5) is 11.4. The lowest BCUT2D eigenvalue weighted by atomic mass is 9.93. The number of aromatic carboxylic acids is 1. The molecule has 1 fully saturated rings. The monoisotopic (exact) mass is 354 g/mol. The van der Waals surface area contributed by atoms with Crippen LogP contribution in [-0.4, -0.2) is 39.2 Å². The van der Waals surface area contributed by atoms with Crippen LogP contribution in [0, 0.1) is 0 Å². The van der Waals surface area contributed by atoms with Gasteiger partial charge in [0.15, 0.2) is 10.4 Å². The molecule has 0 spiro atoms. The van der Waals surface area contributed by atoms with Gasteiger partial charge in [-0.2, -0.15) is 0 Å². The van der Waals surface area contributed by atoms with Gasteiger partial charge >= 0.3 is 5.97 Å². The zero-order valence-corrected chi connectivity index (χ0v) is 12.8. The fraction of sp³-hybridized carbons (Fsp3) is 0.462. The van der Waals surface area contributed by atoms with E-state index < -0.39 is 5.97 Å². The summed E-state index contributed by atoms with van der Waals surface area (Å²) in [7, 11) is 0. The number of carboxylic acids is 1. The van der Waals surface area contributed by atoms with Crippen LogP contribution in [-0.2, 0) is 6.54 Å². The van der Waals surface area contributed by atoms with Crippen molar-refractivity contribution < 1.29 is 14.3 Å². The Morgan fingerprint density at radius 1 is 1.48 bits per heavy atom. The molecule has 2 aromatic heterocycles. The van der Waals surface area contributed by atoms with Gasteiger partial charge in [-0.1, -0.05) is 5.21 Å². The predicted molar refractivity (Wildman–Crippen MR) is 77.3 cm³/mol. The summed E-state index contributed by atoms with van der Waals surface area (Å²) in [5.41, 5.74) is 0.740. The summed E-state index contributed by atoms with van der Waals surface area (Å²) in [5, 5.41) is 20.4. The topological polar surface area (TPSA) is 93.2 Å². The van der Waals surface area contributed by atoms with E-state index in [1.54, 1.807) is 10.7 Å². The highest BCUT2D eigenvalue weighted by Crippen LogP contribution is 2.28. The first kappa shape index (κ1) is 14.3. The lowest BCUT2D eigenvalue weighted by Gasteiger charge is -2.23. The molecule has 0 bridgehead atoms. The smallest absolute Gasteiger partial charge is 0.358 e. The number of carboxylic acid groups (broad SMARTS) is 1. The first-order valence-corrected chi connectivity index (χ1v) is 7.56. The van der Waals surface area contributed by atoms with Crippen LogP contribution in [0.2, 0.25) is 0 Å². The Bertz CT molecular complexity index is 646. The van der Waals surface area contributed by atoms with Crippen molar-refractivity contribution in [2.75, 3.05) is 13.1 Å². The molecule has 1 saturated heterocycles. The standard InChI is InChI=1S/C13H15BrN4O3/c14-10-2-1-9(21-10)7-18-12(8-3-5-15-6-4-8)11(13(19)20)16-17-18/h1-2,8,15H,3-7H2,(H,19,20). The molecular weight excluding hydrogens is 340 g/mol. The molecule has 0 aromatic carbocycles. The fourth-order valence-corrected chi connectivity index (χ4v) is 3.01. The van der Waals surface area contributed by atoms with Gasteiger partial charge in [0.05, 0.1) is 5.69 Å². The van der Waals surface area contributed by atoms with Gasteiger partial charge in [-0.15, -0.1) is 5.10 Å². The van der Waals surface area contributed by atoms with E-state index in [0.717, 1.165) is 25.9 Å². The Morgan fingerprint density at radius 3 is 2.86 bits per heavy atom. The Morgan fingerprint density at radius 2 is 2.24 bits per heavy atom. The molecule has 1 aliphatic heterocycles. The van der Waals surface area contributed by atoms with Crippen molar-refractivity contribution in [3.8, 4) is 0 Å². The van der Waals surface area contributed by atoms with Gasteiger partial charge in [-0.25, -0.2) is 9.48 Å². The van der Waals surface area contributed by atoms with Crippen LogP contribution in [0.15, 0.2) is 21.2 Å². The first-order chi connectivity index (χ1) is 10.1. The van der Waals surface area contributed by atoms with Crippen molar-refractivity contribution in [1.82, 2.24) is 20.3 Å². The minimum Gasteiger partial charge on any atom is -0.476 e. The van der Waals surface area contributed by atoms with Gasteiger partial charge in [-0.05, 0) is 54.0 Å². The second kappa shape index (κ2) is 5.98. The summed E-state index contributed by atoms with van der Waals surface area (Å²) < 4.78 is 7.75. The highest BCUT2D eigenvalue weighted by Gasteiger charge is 2.28. The lowest BCUT2D eigenvalue weighted by molar-refractivity contribution is 0.0688. The highest BCUT2D eigenvalue weighted by molar-refractivity contribution is 9.10. The van der Waals surface area contributed by atoms with E-state index in [1.807, 2.05) is 6.07 Å². The quantitative estimate of drug-likeness (QED) is 0.870. The number of halogens is 1. The normalized spacial score (nSPS) is 16.2. The molecule has 2 N–H and O–H groups in total. The molecule has 3 rings (SSSR count). The second-order valence-corrected chi connectivity index (χ2v) is 5.80. The molecule has 0 aliphatic carbocycles. The van der Waals surface area contributed by atoms with Gasteiger partial charge in [0, 0.05) is 5.92 Å². The Balaban J connectivity index is 1.93. The van der Waals surface area contributed by atoms with Crippen molar-refractivity contribution in [2.45, 2.75) is 25.3 Å². The van der Waals surface area contributed by atoms with Crippen LogP contribution in [0.3, 0.4) is 0 Å². The molecule has 112 valence electrons. The minimum absolute atomic E-state index is 0.0486. The van der Waals surface area contributed by atoms with Crippen molar-refractivity contribution in [3.05, 3.63) is 34.0 Å². The number of nitrogens with zero attached hydrogens (tertiary/aromatic N) is 3. The van der Waals surface area contributed by atoms with Gasteiger partial charge in [0.1, 0.15) is 12.3 Å². The number of carbonyl (C=O) groups is 1. The van der Waals surface area contributed by atoms with Gasteiger partial charge < -0.3 is 14.8 Å². The third-order valence-corrected chi connectivity index (χ3v) is 4.06. The maximum absolute atomic E-state index is 11.4. The Kier molecular flexibility index (Phi) is 4.07. The van der Waals surface area contributed by atoms with Gasteiger partial charge in [0.2, 0.25) is 0 Å². The largest absolute Gasteiger partial charge is 0.476 e. The molecule has 1 aliphatic rings. The van der Waals surface area contributed by atoms with Crippen molar-refractivity contribution in [1.29, 1.82) is 0 Å². The van der Waals surface area contributed by atoms with Crippen LogP contribution in [0.5, 0.6) is 0 Å². The minimum atomic E-state index is -1.03. The summed E-state index contributed by atoms with van der Waals surface area (Å²) in [6.07, 6.45) is 1.77. The molecule has 0 radical (unpaired) electrons. The molecule has 0 amide bonds. The number of rotatable bonds is 4. The van der Waals surface area contributed by atoms with Crippen LogP contribution in [0.4, 0.5) is 0 Å². The molecule has 0 saturated carbocycles. The fourth-order valence-electron chi connectivity index (χ4n) is 2.67. The number of piperidine rings is 1. The first-order valence-electron chi connectivity index (χ1n) is 6.76. The summed E-state index contributed by atoms with van der Waals surface area (Å²) in [6.45, 7) is 2.13. The molecule has 0 unspecified atom stereocenters. The van der Waals surface area contributed by atoms with E-state index in [-0.39, 0.29) is 11.6 Å². The Hall–Kier alpha value is -1.67. The summed E-state index contributed by atoms with van der Waals surface area (Å²) >= 11 is 3.25. The van der Waals surface area contributed by atoms with E-state index in [4.69, 9.17) is 4.42 Å².